The van der Waals surface area contributed by atoms with Gasteiger partial charge in [0, 0.05) is 12.5 Å². The number of carbonyl (C=O) groups is 1. The third-order valence-electron chi connectivity index (χ3n) is 2.09. The number of hydrogen-bond donors (Lipinski definition) is 0. The second-order valence-corrected chi connectivity index (χ2v) is 3.61. The van der Waals surface area contributed by atoms with Crippen LogP contribution in [0.15, 0.2) is 40.8 Å². The van der Waals surface area contributed by atoms with E-state index in [1.54, 1.807) is 18.2 Å². The van der Waals surface area contributed by atoms with E-state index in [9.17, 15) is 4.79 Å². The molecule has 0 aliphatic carbocycles. The van der Waals surface area contributed by atoms with Gasteiger partial charge in [0.25, 0.3) is 0 Å². The molecule has 1 aromatic heterocycles. The maximum Gasteiger partial charge on any atom is 0.194 e. The number of rotatable bonds is 2. The average molecular weight is 221 g/mol. The van der Waals surface area contributed by atoms with Crippen LogP contribution >= 0.6 is 11.6 Å². The van der Waals surface area contributed by atoms with Gasteiger partial charge < -0.3 is 4.42 Å². The lowest BCUT2D eigenvalue weighted by molar-refractivity contribution is 0.0988. The third-order valence-corrected chi connectivity index (χ3v) is 2.42. The number of benzene rings is 1. The van der Waals surface area contributed by atoms with Crippen molar-refractivity contribution in [1.82, 2.24) is 0 Å². The lowest BCUT2D eigenvalue weighted by Gasteiger charge is -1.98. The smallest absolute Gasteiger partial charge is 0.194 e. The van der Waals surface area contributed by atoms with Crippen molar-refractivity contribution in [3.8, 4) is 11.3 Å². The first-order valence-electron chi connectivity index (χ1n) is 4.54. The number of halogens is 1. The van der Waals surface area contributed by atoms with Crippen LogP contribution in [0.3, 0.4) is 0 Å². The van der Waals surface area contributed by atoms with Gasteiger partial charge in [0.05, 0.1) is 5.02 Å². The maximum atomic E-state index is 11.0. The van der Waals surface area contributed by atoms with Gasteiger partial charge in [-0.2, -0.15) is 0 Å². The third kappa shape index (κ3) is 1.95. The summed E-state index contributed by atoms with van der Waals surface area (Å²) >= 11 is 6.00. The van der Waals surface area contributed by atoms with E-state index in [4.69, 9.17) is 16.0 Å². The largest absolute Gasteiger partial charge is 0.453 e. The molecule has 0 amide bonds. The molecular weight excluding hydrogens is 212 g/mol. The van der Waals surface area contributed by atoms with Crippen molar-refractivity contribution < 1.29 is 9.21 Å². The van der Waals surface area contributed by atoms with E-state index in [0.717, 1.165) is 5.56 Å². The van der Waals surface area contributed by atoms with Crippen LogP contribution in [0, 0.1) is 0 Å². The molecule has 2 rings (SSSR count). The number of Topliss-reactive ketones (excluding diaryl/α,β-unsaturated/α-hetero) is 1. The highest BCUT2D eigenvalue weighted by atomic mass is 35.5. The Kier molecular flexibility index (Phi) is 2.60. The second kappa shape index (κ2) is 3.91. The summed E-state index contributed by atoms with van der Waals surface area (Å²) in [7, 11) is 0. The Morgan fingerprint density at radius 3 is 2.53 bits per heavy atom. The van der Waals surface area contributed by atoms with Crippen molar-refractivity contribution in [2.75, 3.05) is 0 Å². The lowest BCUT2D eigenvalue weighted by Crippen LogP contribution is -1.86. The first kappa shape index (κ1) is 9.99. The highest BCUT2D eigenvalue weighted by Gasteiger charge is 2.09. The van der Waals surface area contributed by atoms with E-state index in [-0.39, 0.29) is 5.78 Å². The van der Waals surface area contributed by atoms with Gasteiger partial charge in [0.2, 0.25) is 0 Å². The maximum absolute atomic E-state index is 11.0. The molecule has 1 aromatic carbocycles. The summed E-state index contributed by atoms with van der Waals surface area (Å²) in [6.45, 7) is 1.47. The molecule has 0 aliphatic rings. The van der Waals surface area contributed by atoms with E-state index in [1.165, 1.54) is 6.92 Å². The molecule has 0 aliphatic heterocycles. The molecular formula is C12H9ClO2. The highest BCUT2D eigenvalue weighted by Crippen LogP contribution is 2.28. The van der Waals surface area contributed by atoms with Crippen molar-refractivity contribution in [2.45, 2.75) is 6.92 Å². The molecule has 1 heterocycles. The summed E-state index contributed by atoms with van der Waals surface area (Å²) < 4.78 is 5.38. The number of hydrogen-bond acceptors (Lipinski definition) is 2. The lowest BCUT2D eigenvalue weighted by atomic mass is 10.2. The SMILES string of the molecule is CC(=O)c1ccc(-c2ccccc2Cl)o1. The zero-order chi connectivity index (χ0) is 10.8. The van der Waals surface area contributed by atoms with Gasteiger partial charge in [-0.25, -0.2) is 0 Å². The number of ketones is 1. The molecule has 2 aromatic rings. The normalized spacial score (nSPS) is 10.3. The van der Waals surface area contributed by atoms with Gasteiger partial charge in [0.15, 0.2) is 11.5 Å². The van der Waals surface area contributed by atoms with Crippen LogP contribution in [0.1, 0.15) is 17.5 Å². The molecule has 15 heavy (non-hydrogen) atoms. The first-order valence-corrected chi connectivity index (χ1v) is 4.92. The molecule has 0 saturated heterocycles. The van der Waals surface area contributed by atoms with E-state index in [1.807, 2.05) is 18.2 Å². The Morgan fingerprint density at radius 2 is 1.93 bits per heavy atom. The monoisotopic (exact) mass is 220 g/mol. The standard InChI is InChI=1S/C12H9ClO2/c1-8(14)11-6-7-12(15-11)9-4-2-3-5-10(9)13/h2-7H,1H3. The zero-order valence-corrected chi connectivity index (χ0v) is 8.91. The van der Waals surface area contributed by atoms with Crippen LogP contribution < -0.4 is 0 Å². The van der Waals surface area contributed by atoms with Gasteiger partial charge in [-0.3, -0.25) is 4.79 Å². The predicted octanol–water partition coefficient (Wildman–Crippen LogP) is 3.80. The summed E-state index contributed by atoms with van der Waals surface area (Å²) in [5.41, 5.74) is 0.798. The van der Waals surface area contributed by atoms with Crippen LogP contribution in [-0.4, -0.2) is 5.78 Å². The van der Waals surface area contributed by atoms with Crippen molar-refractivity contribution in [3.05, 3.63) is 47.2 Å². The fourth-order valence-electron chi connectivity index (χ4n) is 1.33. The molecule has 0 saturated carbocycles. The summed E-state index contributed by atoms with van der Waals surface area (Å²) in [6, 6.07) is 10.8. The molecule has 3 heteroatoms. The summed E-state index contributed by atoms with van der Waals surface area (Å²) in [6.07, 6.45) is 0. The van der Waals surface area contributed by atoms with Crippen LogP contribution in [0.2, 0.25) is 5.02 Å². The first-order chi connectivity index (χ1) is 7.18. The van der Waals surface area contributed by atoms with Crippen LogP contribution in [-0.2, 0) is 0 Å². The molecule has 0 N–H and O–H groups in total. The Labute approximate surface area is 92.5 Å². The van der Waals surface area contributed by atoms with E-state index in [0.29, 0.717) is 16.5 Å². The van der Waals surface area contributed by atoms with Crippen molar-refractivity contribution >= 4 is 17.4 Å². The van der Waals surface area contributed by atoms with Gasteiger partial charge >= 0.3 is 0 Å². The zero-order valence-electron chi connectivity index (χ0n) is 8.16. The minimum atomic E-state index is -0.0895. The summed E-state index contributed by atoms with van der Waals surface area (Å²) in [5.74, 6) is 0.879. The van der Waals surface area contributed by atoms with E-state index in [2.05, 4.69) is 0 Å². The van der Waals surface area contributed by atoms with Crippen molar-refractivity contribution in [2.24, 2.45) is 0 Å². The van der Waals surface area contributed by atoms with E-state index < -0.39 is 0 Å². The van der Waals surface area contributed by atoms with Gasteiger partial charge in [-0.15, -0.1) is 0 Å². The quantitative estimate of drug-likeness (QED) is 0.721. The molecule has 0 atom stereocenters. The number of carbonyl (C=O) groups excluding carboxylic acids is 1. The van der Waals surface area contributed by atoms with Crippen LogP contribution in [0.4, 0.5) is 0 Å². The fourth-order valence-corrected chi connectivity index (χ4v) is 1.56. The van der Waals surface area contributed by atoms with Crippen LogP contribution in [0.5, 0.6) is 0 Å². The molecule has 0 bridgehead atoms. The summed E-state index contributed by atoms with van der Waals surface area (Å²) in [4.78, 5) is 11.0. The van der Waals surface area contributed by atoms with Crippen molar-refractivity contribution in [3.63, 3.8) is 0 Å². The Morgan fingerprint density at radius 1 is 1.20 bits per heavy atom. The Balaban J connectivity index is 2.46. The van der Waals surface area contributed by atoms with Crippen molar-refractivity contribution in [1.29, 1.82) is 0 Å². The summed E-state index contributed by atoms with van der Waals surface area (Å²) in [5, 5.41) is 0.613. The Bertz CT molecular complexity index is 500. The molecule has 2 nitrogen and oxygen atoms in total. The minimum Gasteiger partial charge on any atom is -0.453 e. The fraction of sp³-hybridized carbons (Fsp3) is 0.0833. The van der Waals surface area contributed by atoms with Gasteiger partial charge in [0.1, 0.15) is 5.76 Å². The van der Waals surface area contributed by atoms with Crippen LogP contribution in [0.25, 0.3) is 11.3 Å². The average Bonchev–Trinajstić information content (AvgIpc) is 2.67. The highest BCUT2D eigenvalue weighted by molar-refractivity contribution is 6.33. The molecule has 0 fully saturated rings. The van der Waals surface area contributed by atoms with Gasteiger partial charge in [-0.05, 0) is 24.3 Å². The second-order valence-electron chi connectivity index (χ2n) is 3.20. The Hall–Kier alpha value is -1.54. The topological polar surface area (TPSA) is 30.2 Å². The number of furan rings is 1. The molecule has 0 spiro atoms. The molecule has 0 radical (unpaired) electrons. The van der Waals surface area contributed by atoms with E-state index >= 15 is 0 Å². The predicted molar refractivity (Wildman–Crippen MR) is 59.2 cm³/mol. The molecule has 76 valence electrons. The van der Waals surface area contributed by atoms with Gasteiger partial charge in [-0.1, -0.05) is 23.7 Å². The minimum absolute atomic E-state index is 0.0895. The molecule has 0 unspecified atom stereocenters.